The van der Waals surface area contributed by atoms with Crippen LogP contribution in [0.1, 0.15) is 0 Å². The molecule has 0 radical (unpaired) electrons. The maximum atomic E-state index is 5.37. The number of thiophene rings is 1. The van der Waals surface area contributed by atoms with Gasteiger partial charge in [-0.15, -0.1) is 11.3 Å². The van der Waals surface area contributed by atoms with Crippen LogP contribution < -0.4 is 0 Å². The Labute approximate surface area is 325 Å². The summed E-state index contributed by atoms with van der Waals surface area (Å²) in [6.45, 7) is 0. The molecule has 3 aromatic heterocycles. The molecule has 0 fully saturated rings. The van der Waals surface area contributed by atoms with Gasteiger partial charge in [0.2, 0.25) is 5.95 Å². The van der Waals surface area contributed by atoms with E-state index in [-0.39, 0.29) is 0 Å². The van der Waals surface area contributed by atoms with Gasteiger partial charge in [-0.3, -0.25) is 4.57 Å². The van der Waals surface area contributed by atoms with Gasteiger partial charge in [-0.1, -0.05) is 158 Å². The van der Waals surface area contributed by atoms with Gasteiger partial charge in [0, 0.05) is 53.2 Å². The van der Waals surface area contributed by atoms with Crippen LogP contribution >= 0.6 is 11.3 Å². The van der Waals surface area contributed by atoms with E-state index in [1.54, 1.807) is 0 Å². The molecule has 0 aliphatic carbocycles. The van der Waals surface area contributed by atoms with Crippen molar-refractivity contribution in [2.24, 2.45) is 0 Å². The summed E-state index contributed by atoms with van der Waals surface area (Å²) in [6.07, 6.45) is 0. The van der Waals surface area contributed by atoms with Crippen molar-refractivity contribution in [2.45, 2.75) is 0 Å². The minimum Gasteiger partial charge on any atom is -0.277 e. The molecule has 0 unspecified atom stereocenters. The molecule has 0 spiro atoms. The number of aromatic nitrogens is 4. The minimum absolute atomic E-state index is 0.583. The van der Waals surface area contributed by atoms with E-state index in [4.69, 9.17) is 15.0 Å². The quantitative estimate of drug-likeness (QED) is 0.181. The van der Waals surface area contributed by atoms with Gasteiger partial charge in [-0.2, -0.15) is 9.97 Å². The molecular weight excluding hydrogens is 701 g/mol. The highest BCUT2D eigenvalue weighted by molar-refractivity contribution is 7.26. The van der Waals surface area contributed by atoms with Gasteiger partial charge in [0.25, 0.3) is 0 Å². The first-order valence-electron chi connectivity index (χ1n) is 18.9. The van der Waals surface area contributed by atoms with E-state index in [0.29, 0.717) is 17.6 Å². The number of benzene rings is 9. The van der Waals surface area contributed by atoms with Crippen LogP contribution in [0.4, 0.5) is 0 Å². The summed E-state index contributed by atoms with van der Waals surface area (Å²) in [4.78, 5) is 15.8. The van der Waals surface area contributed by atoms with Gasteiger partial charge in [-0.05, 0) is 56.6 Å². The van der Waals surface area contributed by atoms with Gasteiger partial charge < -0.3 is 0 Å². The maximum absolute atomic E-state index is 5.37. The standard InChI is InChI=1S/C51H30N4S/c1-2-14-33(15-3-1)49-52-50(37-25-24-31-12-4-5-16-34(31)28-37)54-51(53-49)55-44-30-36-18-7-6-17-35(36)29-43(44)40-21-10-20-39(47(40)55)41-22-11-23-42-46-38-19-9-8-13-32(38)26-27-45(46)56-48(41)42/h1-30H. The molecule has 0 N–H and O–H groups in total. The van der Waals surface area contributed by atoms with Gasteiger partial charge in [0.1, 0.15) is 0 Å². The summed E-state index contributed by atoms with van der Waals surface area (Å²) in [5, 5.41) is 12.1. The van der Waals surface area contributed by atoms with Gasteiger partial charge in [0.15, 0.2) is 11.6 Å². The summed E-state index contributed by atoms with van der Waals surface area (Å²) in [6, 6.07) is 65.0. The van der Waals surface area contributed by atoms with E-state index in [1.165, 1.54) is 47.3 Å². The van der Waals surface area contributed by atoms with Crippen molar-refractivity contribution in [1.29, 1.82) is 0 Å². The van der Waals surface area contributed by atoms with E-state index < -0.39 is 0 Å². The predicted octanol–water partition coefficient (Wildman–Crippen LogP) is 13.8. The zero-order valence-corrected chi connectivity index (χ0v) is 30.8. The Kier molecular flexibility index (Phi) is 6.76. The van der Waals surface area contributed by atoms with E-state index in [9.17, 15) is 0 Å². The third kappa shape index (κ3) is 4.75. The fraction of sp³-hybridized carbons (Fsp3) is 0. The van der Waals surface area contributed by atoms with Crippen LogP contribution in [-0.2, 0) is 0 Å². The minimum atomic E-state index is 0.583. The number of hydrogen-bond donors (Lipinski definition) is 0. The summed E-state index contributed by atoms with van der Waals surface area (Å²) in [5.74, 6) is 1.84. The average molecular weight is 731 g/mol. The maximum Gasteiger partial charge on any atom is 0.238 e. The molecule has 0 amide bonds. The molecule has 0 atom stereocenters. The Balaban J connectivity index is 1.20. The van der Waals surface area contributed by atoms with E-state index >= 15 is 0 Å². The van der Waals surface area contributed by atoms with Crippen molar-refractivity contribution >= 4 is 85.6 Å². The van der Waals surface area contributed by atoms with Gasteiger partial charge >= 0.3 is 0 Å². The van der Waals surface area contributed by atoms with Crippen LogP contribution in [0.2, 0.25) is 0 Å². The number of hydrogen-bond acceptors (Lipinski definition) is 4. The lowest BCUT2D eigenvalue weighted by atomic mass is 9.98. The number of para-hydroxylation sites is 1. The van der Waals surface area contributed by atoms with Crippen molar-refractivity contribution in [3.05, 3.63) is 182 Å². The predicted molar refractivity (Wildman–Crippen MR) is 236 cm³/mol. The Hall–Kier alpha value is -7.21. The monoisotopic (exact) mass is 730 g/mol. The highest BCUT2D eigenvalue weighted by Crippen LogP contribution is 2.46. The molecule has 5 heteroatoms. The Bertz CT molecular complexity index is 3540. The smallest absolute Gasteiger partial charge is 0.238 e. The lowest BCUT2D eigenvalue weighted by Crippen LogP contribution is -2.07. The molecule has 4 nitrogen and oxygen atoms in total. The summed E-state index contributed by atoms with van der Waals surface area (Å²) in [5.41, 5.74) is 6.33. The van der Waals surface area contributed by atoms with Crippen molar-refractivity contribution in [1.82, 2.24) is 19.5 Å². The molecule has 0 aliphatic heterocycles. The molecule has 12 rings (SSSR count). The topological polar surface area (TPSA) is 43.6 Å². The van der Waals surface area contributed by atoms with E-state index in [1.807, 2.05) is 29.5 Å². The molecule has 9 aromatic carbocycles. The molecular formula is C51H30N4S. The lowest BCUT2D eigenvalue weighted by Gasteiger charge is -2.14. The molecule has 56 heavy (non-hydrogen) atoms. The molecule has 0 saturated carbocycles. The first kappa shape index (κ1) is 31.2. The fourth-order valence-electron chi connectivity index (χ4n) is 8.60. The molecule has 260 valence electrons. The summed E-state index contributed by atoms with van der Waals surface area (Å²) >= 11 is 1.87. The average Bonchev–Trinajstić information content (AvgIpc) is 3.81. The SMILES string of the molecule is c1ccc(-c2nc(-c3ccc4ccccc4c3)nc(-n3c4cc5ccccc5cc4c4cccc(-c5cccc6c5sc5ccc7ccccc7c56)c43)n2)cc1. The van der Waals surface area contributed by atoms with Crippen LogP contribution in [0.5, 0.6) is 0 Å². The van der Waals surface area contributed by atoms with Gasteiger partial charge in [0.05, 0.1) is 11.0 Å². The Morgan fingerprint density at radius 2 is 1.02 bits per heavy atom. The Morgan fingerprint density at radius 1 is 0.393 bits per heavy atom. The second-order valence-electron chi connectivity index (χ2n) is 14.4. The fourth-order valence-corrected chi connectivity index (χ4v) is 9.84. The molecule has 0 bridgehead atoms. The third-order valence-electron chi connectivity index (χ3n) is 11.2. The highest BCUT2D eigenvalue weighted by Gasteiger charge is 2.23. The number of rotatable bonds is 4. The molecule has 3 heterocycles. The first-order chi connectivity index (χ1) is 27.7. The van der Waals surface area contributed by atoms with Crippen LogP contribution in [0.3, 0.4) is 0 Å². The zero-order chi connectivity index (χ0) is 36.7. The second-order valence-corrected chi connectivity index (χ2v) is 15.5. The normalized spacial score (nSPS) is 11.9. The number of fused-ring (bicyclic) bond motifs is 10. The van der Waals surface area contributed by atoms with Crippen molar-refractivity contribution in [3.63, 3.8) is 0 Å². The van der Waals surface area contributed by atoms with Crippen LogP contribution in [-0.4, -0.2) is 19.5 Å². The number of nitrogens with zero attached hydrogens (tertiary/aromatic N) is 4. The van der Waals surface area contributed by atoms with Gasteiger partial charge in [-0.25, -0.2) is 4.98 Å². The van der Waals surface area contributed by atoms with Crippen LogP contribution in [0.15, 0.2) is 182 Å². The summed E-state index contributed by atoms with van der Waals surface area (Å²) < 4.78 is 4.84. The Morgan fingerprint density at radius 3 is 1.84 bits per heavy atom. The van der Waals surface area contributed by atoms with Crippen molar-refractivity contribution in [3.8, 4) is 39.9 Å². The van der Waals surface area contributed by atoms with Crippen molar-refractivity contribution in [2.75, 3.05) is 0 Å². The first-order valence-corrected chi connectivity index (χ1v) is 19.7. The van der Waals surface area contributed by atoms with Crippen LogP contribution in [0.25, 0.3) is 114 Å². The molecule has 12 aromatic rings. The van der Waals surface area contributed by atoms with E-state index in [0.717, 1.165) is 49.3 Å². The third-order valence-corrected chi connectivity index (χ3v) is 12.4. The van der Waals surface area contributed by atoms with E-state index in [2.05, 4.69) is 168 Å². The van der Waals surface area contributed by atoms with Crippen molar-refractivity contribution < 1.29 is 0 Å². The molecule has 0 aliphatic rings. The molecule has 0 saturated heterocycles. The highest BCUT2D eigenvalue weighted by atomic mass is 32.1. The van der Waals surface area contributed by atoms with Crippen LogP contribution in [0, 0.1) is 0 Å². The zero-order valence-electron chi connectivity index (χ0n) is 30.0. The largest absolute Gasteiger partial charge is 0.277 e. The second kappa shape index (κ2) is 12.2. The summed E-state index contributed by atoms with van der Waals surface area (Å²) in [7, 11) is 0. The lowest BCUT2D eigenvalue weighted by molar-refractivity contribution is 0.954.